The van der Waals surface area contributed by atoms with Crippen molar-refractivity contribution in [1.29, 1.82) is 0 Å². The highest BCUT2D eigenvalue weighted by atomic mass is 16.5. The molecule has 1 atom stereocenters. The summed E-state index contributed by atoms with van der Waals surface area (Å²) in [5.41, 5.74) is 2.51. The number of para-hydroxylation sites is 1. The van der Waals surface area contributed by atoms with Gasteiger partial charge >= 0.3 is 0 Å². The normalized spacial score (nSPS) is 12.0. The SMILES string of the molecule is CC(C)c1ccc(OCC(=O)Nc2ccccc2C(C)O)cc1. The van der Waals surface area contributed by atoms with Crippen LogP contribution in [0.4, 0.5) is 5.69 Å². The van der Waals surface area contributed by atoms with E-state index in [4.69, 9.17) is 4.74 Å². The van der Waals surface area contributed by atoms with Gasteiger partial charge in [-0.05, 0) is 36.6 Å². The van der Waals surface area contributed by atoms with Crippen molar-refractivity contribution in [3.05, 3.63) is 59.7 Å². The van der Waals surface area contributed by atoms with E-state index >= 15 is 0 Å². The number of carbonyl (C=O) groups is 1. The fraction of sp³-hybridized carbons (Fsp3) is 0.316. The number of nitrogens with one attached hydrogen (secondary N) is 1. The molecule has 2 rings (SSSR count). The quantitative estimate of drug-likeness (QED) is 0.851. The van der Waals surface area contributed by atoms with Crippen LogP contribution in [0.15, 0.2) is 48.5 Å². The summed E-state index contributed by atoms with van der Waals surface area (Å²) in [6, 6.07) is 14.9. The van der Waals surface area contributed by atoms with Crippen LogP contribution >= 0.6 is 0 Å². The number of benzene rings is 2. The van der Waals surface area contributed by atoms with Gasteiger partial charge in [0, 0.05) is 11.3 Å². The summed E-state index contributed by atoms with van der Waals surface area (Å²) in [4.78, 5) is 12.0. The van der Waals surface area contributed by atoms with E-state index in [9.17, 15) is 9.90 Å². The Hall–Kier alpha value is -2.33. The Kier molecular flexibility index (Phi) is 5.77. The summed E-state index contributed by atoms with van der Waals surface area (Å²) in [7, 11) is 0. The molecule has 4 heteroatoms. The molecule has 2 N–H and O–H groups in total. The Morgan fingerprint density at radius 2 is 1.74 bits per heavy atom. The maximum Gasteiger partial charge on any atom is 0.262 e. The zero-order valence-corrected chi connectivity index (χ0v) is 13.7. The van der Waals surface area contributed by atoms with Crippen molar-refractivity contribution < 1.29 is 14.6 Å². The molecule has 1 unspecified atom stereocenters. The molecule has 23 heavy (non-hydrogen) atoms. The summed E-state index contributed by atoms with van der Waals surface area (Å²) in [5, 5.41) is 12.5. The fourth-order valence-electron chi connectivity index (χ4n) is 2.26. The fourth-order valence-corrected chi connectivity index (χ4v) is 2.26. The molecule has 0 aliphatic carbocycles. The first kappa shape index (κ1) is 17.0. The summed E-state index contributed by atoms with van der Waals surface area (Å²) < 4.78 is 5.50. The van der Waals surface area contributed by atoms with Crippen molar-refractivity contribution in [2.75, 3.05) is 11.9 Å². The molecule has 0 aliphatic heterocycles. The largest absolute Gasteiger partial charge is 0.484 e. The highest BCUT2D eigenvalue weighted by Crippen LogP contribution is 2.22. The second-order valence-corrected chi connectivity index (χ2v) is 5.82. The Labute approximate surface area is 137 Å². The van der Waals surface area contributed by atoms with E-state index in [1.54, 1.807) is 19.1 Å². The average molecular weight is 313 g/mol. The molecular formula is C19H23NO3. The predicted octanol–water partition coefficient (Wildman–Crippen LogP) is 3.88. The molecule has 0 aliphatic rings. The lowest BCUT2D eigenvalue weighted by atomic mass is 10.0. The van der Waals surface area contributed by atoms with Gasteiger partial charge in [0.05, 0.1) is 6.10 Å². The van der Waals surface area contributed by atoms with E-state index in [0.717, 1.165) is 0 Å². The minimum Gasteiger partial charge on any atom is -0.484 e. The molecule has 0 saturated carbocycles. The lowest BCUT2D eigenvalue weighted by Gasteiger charge is -2.13. The highest BCUT2D eigenvalue weighted by Gasteiger charge is 2.10. The Morgan fingerprint density at radius 3 is 2.35 bits per heavy atom. The first-order valence-electron chi connectivity index (χ1n) is 7.77. The maximum absolute atomic E-state index is 12.0. The van der Waals surface area contributed by atoms with Crippen molar-refractivity contribution >= 4 is 11.6 Å². The summed E-state index contributed by atoms with van der Waals surface area (Å²) in [5.74, 6) is 0.865. The van der Waals surface area contributed by atoms with Crippen molar-refractivity contribution in [2.45, 2.75) is 32.8 Å². The molecule has 0 radical (unpaired) electrons. The number of carbonyl (C=O) groups excluding carboxylic acids is 1. The third kappa shape index (κ3) is 4.83. The number of anilines is 1. The Bertz CT molecular complexity index is 648. The number of aliphatic hydroxyl groups excluding tert-OH is 1. The van der Waals surface area contributed by atoms with Crippen LogP contribution < -0.4 is 10.1 Å². The number of hydrogen-bond donors (Lipinski definition) is 2. The number of hydrogen-bond acceptors (Lipinski definition) is 3. The first-order chi connectivity index (χ1) is 11.0. The number of ether oxygens (including phenoxy) is 1. The lowest BCUT2D eigenvalue weighted by molar-refractivity contribution is -0.118. The lowest BCUT2D eigenvalue weighted by Crippen LogP contribution is -2.21. The zero-order valence-electron chi connectivity index (χ0n) is 13.7. The average Bonchev–Trinajstić information content (AvgIpc) is 2.53. The van der Waals surface area contributed by atoms with Gasteiger partial charge in [0.15, 0.2) is 6.61 Å². The van der Waals surface area contributed by atoms with Crippen LogP contribution in [0.2, 0.25) is 0 Å². The smallest absolute Gasteiger partial charge is 0.262 e. The van der Waals surface area contributed by atoms with Gasteiger partial charge in [0.25, 0.3) is 5.91 Å². The van der Waals surface area contributed by atoms with Crippen molar-refractivity contribution in [3.63, 3.8) is 0 Å². The molecule has 122 valence electrons. The van der Waals surface area contributed by atoms with Gasteiger partial charge in [-0.25, -0.2) is 0 Å². The van der Waals surface area contributed by atoms with Gasteiger partial charge in [-0.2, -0.15) is 0 Å². The molecule has 0 fully saturated rings. The molecule has 1 amide bonds. The topological polar surface area (TPSA) is 58.6 Å². The van der Waals surface area contributed by atoms with Gasteiger partial charge in [0.2, 0.25) is 0 Å². The minimum absolute atomic E-state index is 0.0742. The van der Waals surface area contributed by atoms with E-state index in [1.165, 1.54) is 5.56 Å². The first-order valence-corrected chi connectivity index (χ1v) is 7.77. The molecule has 2 aromatic rings. The van der Waals surface area contributed by atoms with Gasteiger partial charge in [0.1, 0.15) is 5.75 Å². The van der Waals surface area contributed by atoms with E-state index in [0.29, 0.717) is 22.9 Å². The number of amides is 1. The molecule has 0 spiro atoms. The van der Waals surface area contributed by atoms with Crippen LogP contribution in [0, 0.1) is 0 Å². The van der Waals surface area contributed by atoms with E-state index in [2.05, 4.69) is 19.2 Å². The number of aliphatic hydroxyl groups is 1. The molecule has 0 bridgehead atoms. The monoisotopic (exact) mass is 313 g/mol. The third-order valence-electron chi connectivity index (χ3n) is 3.60. The van der Waals surface area contributed by atoms with E-state index in [-0.39, 0.29) is 12.5 Å². The van der Waals surface area contributed by atoms with Crippen LogP contribution in [0.3, 0.4) is 0 Å². The minimum atomic E-state index is -0.643. The van der Waals surface area contributed by atoms with Crippen LogP contribution in [-0.4, -0.2) is 17.6 Å². The molecule has 4 nitrogen and oxygen atoms in total. The zero-order chi connectivity index (χ0) is 16.8. The molecule has 0 aromatic heterocycles. The second kappa shape index (κ2) is 7.79. The van der Waals surface area contributed by atoms with Gasteiger partial charge in [-0.1, -0.05) is 44.2 Å². The van der Waals surface area contributed by atoms with Crippen molar-refractivity contribution in [2.24, 2.45) is 0 Å². The maximum atomic E-state index is 12.0. The van der Waals surface area contributed by atoms with E-state index in [1.807, 2.05) is 36.4 Å². The van der Waals surface area contributed by atoms with Crippen LogP contribution in [-0.2, 0) is 4.79 Å². The molecule has 2 aromatic carbocycles. The molecular weight excluding hydrogens is 290 g/mol. The third-order valence-corrected chi connectivity index (χ3v) is 3.60. The van der Waals surface area contributed by atoms with Crippen LogP contribution in [0.1, 0.15) is 43.9 Å². The summed E-state index contributed by atoms with van der Waals surface area (Å²) >= 11 is 0. The molecule has 0 heterocycles. The van der Waals surface area contributed by atoms with E-state index < -0.39 is 6.10 Å². The standard InChI is InChI=1S/C19H23NO3/c1-13(2)15-8-10-16(11-9-15)23-12-19(22)20-18-7-5-4-6-17(18)14(3)21/h4-11,13-14,21H,12H2,1-3H3,(H,20,22). The van der Waals surface area contributed by atoms with Gasteiger partial charge in [-0.15, -0.1) is 0 Å². The van der Waals surface area contributed by atoms with Crippen LogP contribution in [0.25, 0.3) is 0 Å². The summed E-state index contributed by atoms with van der Waals surface area (Å²) in [6.07, 6.45) is -0.643. The van der Waals surface area contributed by atoms with Gasteiger partial charge in [-0.3, -0.25) is 4.79 Å². The highest BCUT2D eigenvalue weighted by molar-refractivity contribution is 5.92. The van der Waals surface area contributed by atoms with Crippen molar-refractivity contribution in [1.82, 2.24) is 0 Å². The van der Waals surface area contributed by atoms with Crippen molar-refractivity contribution in [3.8, 4) is 5.75 Å². The Morgan fingerprint density at radius 1 is 1.09 bits per heavy atom. The van der Waals surface area contributed by atoms with Gasteiger partial charge < -0.3 is 15.2 Å². The predicted molar refractivity (Wildman–Crippen MR) is 91.7 cm³/mol. The number of rotatable bonds is 6. The molecule has 0 saturated heterocycles. The van der Waals surface area contributed by atoms with Crippen LogP contribution in [0.5, 0.6) is 5.75 Å². The summed E-state index contributed by atoms with van der Waals surface area (Å²) in [6.45, 7) is 5.85. The Balaban J connectivity index is 1.93. The second-order valence-electron chi connectivity index (χ2n) is 5.82.